The molecule has 33 heavy (non-hydrogen) atoms. The van der Waals surface area contributed by atoms with E-state index in [4.69, 9.17) is 0 Å². The largest absolute Gasteiger partial charge is 0.355 e. The van der Waals surface area contributed by atoms with E-state index >= 15 is 0 Å². The number of aromatic nitrogens is 2. The summed E-state index contributed by atoms with van der Waals surface area (Å²) in [7, 11) is -4.17. The van der Waals surface area contributed by atoms with E-state index < -0.39 is 32.7 Å². The normalized spacial score (nSPS) is 16.1. The van der Waals surface area contributed by atoms with E-state index in [1.165, 1.54) is 18.2 Å². The van der Waals surface area contributed by atoms with Gasteiger partial charge in [-0.25, -0.2) is 22.8 Å². The first kappa shape index (κ1) is 25.0. The SMILES string of the molecule is CC(C)[C@H](NS(=O)(=O)c1ccccc1F)C(=O)NCCCN1CCN(c2ncccn2)CC1. The van der Waals surface area contributed by atoms with Crippen LogP contribution in [0.15, 0.2) is 47.6 Å². The predicted octanol–water partition coefficient (Wildman–Crippen LogP) is 1.25. The van der Waals surface area contributed by atoms with E-state index in [0.29, 0.717) is 6.54 Å². The Hall–Kier alpha value is -2.63. The smallest absolute Gasteiger partial charge is 0.244 e. The molecule has 2 N–H and O–H groups in total. The van der Waals surface area contributed by atoms with Crippen molar-refractivity contribution in [3.8, 4) is 0 Å². The van der Waals surface area contributed by atoms with Crippen LogP contribution in [-0.4, -0.2) is 74.5 Å². The number of nitrogens with one attached hydrogen (secondary N) is 2. The molecule has 0 aliphatic carbocycles. The molecular weight excluding hydrogens is 447 g/mol. The highest BCUT2D eigenvalue weighted by Gasteiger charge is 2.29. The van der Waals surface area contributed by atoms with Gasteiger partial charge in [0.1, 0.15) is 16.8 Å². The molecule has 2 heterocycles. The van der Waals surface area contributed by atoms with Crippen LogP contribution >= 0.6 is 0 Å². The number of hydrogen-bond donors (Lipinski definition) is 2. The van der Waals surface area contributed by atoms with Crippen molar-refractivity contribution >= 4 is 21.9 Å². The zero-order chi connectivity index (χ0) is 23.8. The summed E-state index contributed by atoms with van der Waals surface area (Å²) in [6.07, 6.45) is 4.20. The summed E-state index contributed by atoms with van der Waals surface area (Å²) in [5, 5.41) is 2.81. The molecule has 1 aliphatic heterocycles. The topological polar surface area (TPSA) is 108 Å². The number of carbonyl (C=O) groups excluding carboxylic acids is 1. The Morgan fingerprint density at radius 3 is 2.39 bits per heavy atom. The van der Waals surface area contributed by atoms with Crippen molar-refractivity contribution in [1.82, 2.24) is 24.9 Å². The Kier molecular flexibility index (Phi) is 8.70. The molecule has 0 saturated carbocycles. The van der Waals surface area contributed by atoms with Gasteiger partial charge in [0.05, 0.1) is 0 Å². The zero-order valence-corrected chi connectivity index (χ0v) is 19.8. The summed E-state index contributed by atoms with van der Waals surface area (Å²) >= 11 is 0. The lowest BCUT2D eigenvalue weighted by Crippen LogP contribution is -2.50. The lowest BCUT2D eigenvalue weighted by Gasteiger charge is -2.34. The second-order valence-electron chi connectivity index (χ2n) is 8.30. The van der Waals surface area contributed by atoms with E-state index in [-0.39, 0.29) is 5.92 Å². The molecule has 0 spiro atoms. The van der Waals surface area contributed by atoms with E-state index in [9.17, 15) is 17.6 Å². The molecule has 3 rings (SSSR count). The quantitative estimate of drug-likeness (QED) is 0.495. The molecule has 0 bridgehead atoms. The van der Waals surface area contributed by atoms with Crippen molar-refractivity contribution in [3.63, 3.8) is 0 Å². The van der Waals surface area contributed by atoms with Gasteiger partial charge in [0.15, 0.2) is 0 Å². The molecule has 0 radical (unpaired) electrons. The van der Waals surface area contributed by atoms with Gasteiger partial charge in [0.25, 0.3) is 0 Å². The van der Waals surface area contributed by atoms with Gasteiger partial charge in [-0.05, 0) is 37.1 Å². The minimum atomic E-state index is -4.17. The van der Waals surface area contributed by atoms with Crippen molar-refractivity contribution in [2.24, 2.45) is 5.92 Å². The number of anilines is 1. The van der Waals surface area contributed by atoms with Crippen LogP contribution in [0.4, 0.5) is 10.3 Å². The standard InChI is InChI=1S/C22H31FN6O3S/c1-17(2)20(27-33(31,32)19-8-4-3-7-18(19)23)21(30)24-11-6-12-28-13-15-29(16-14-28)22-25-9-5-10-26-22/h3-5,7-10,17,20,27H,6,11-16H2,1-2H3,(H,24,30)/t20-/m0/s1. The molecule has 9 nitrogen and oxygen atoms in total. The van der Waals surface area contributed by atoms with Crippen molar-refractivity contribution < 1.29 is 17.6 Å². The third-order valence-electron chi connectivity index (χ3n) is 5.52. The van der Waals surface area contributed by atoms with Gasteiger partial charge in [-0.3, -0.25) is 9.69 Å². The van der Waals surface area contributed by atoms with Crippen molar-refractivity contribution in [2.45, 2.75) is 31.2 Å². The number of piperazine rings is 1. The van der Waals surface area contributed by atoms with Gasteiger partial charge < -0.3 is 10.2 Å². The first-order valence-electron chi connectivity index (χ1n) is 11.1. The maximum absolute atomic E-state index is 13.9. The molecule has 1 atom stereocenters. The van der Waals surface area contributed by atoms with Gasteiger partial charge in [0.2, 0.25) is 21.9 Å². The van der Waals surface area contributed by atoms with Gasteiger partial charge in [0, 0.05) is 45.1 Å². The number of hydrogen-bond acceptors (Lipinski definition) is 7. The van der Waals surface area contributed by atoms with E-state index in [1.54, 1.807) is 32.3 Å². The fraction of sp³-hybridized carbons (Fsp3) is 0.500. The summed E-state index contributed by atoms with van der Waals surface area (Å²) in [6, 6.07) is 5.90. The maximum Gasteiger partial charge on any atom is 0.244 e. The summed E-state index contributed by atoms with van der Waals surface area (Å²) in [6.45, 7) is 8.15. The lowest BCUT2D eigenvalue weighted by atomic mass is 10.1. The van der Waals surface area contributed by atoms with Gasteiger partial charge in [-0.15, -0.1) is 0 Å². The molecule has 2 aromatic rings. The molecule has 1 saturated heterocycles. The van der Waals surface area contributed by atoms with E-state index in [0.717, 1.165) is 51.2 Å². The van der Waals surface area contributed by atoms with Crippen LogP contribution in [0.1, 0.15) is 20.3 Å². The monoisotopic (exact) mass is 478 g/mol. The average Bonchev–Trinajstić information content (AvgIpc) is 2.81. The molecule has 1 aromatic carbocycles. The van der Waals surface area contributed by atoms with Crippen LogP contribution in [-0.2, 0) is 14.8 Å². The Morgan fingerprint density at radius 2 is 1.76 bits per heavy atom. The van der Waals surface area contributed by atoms with Crippen LogP contribution in [0.3, 0.4) is 0 Å². The summed E-state index contributed by atoms with van der Waals surface area (Å²) in [4.78, 5) is 25.2. The fourth-order valence-electron chi connectivity index (χ4n) is 3.64. The Bertz CT molecular complexity index is 1010. The lowest BCUT2D eigenvalue weighted by molar-refractivity contribution is -0.123. The third kappa shape index (κ3) is 6.92. The van der Waals surface area contributed by atoms with E-state index in [2.05, 4.69) is 29.8 Å². The van der Waals surface area contributed by atoms with Crippen LogP contribution in [0.25, 0.3) is 0 Å². The number of nitrogens with zero attached hydrogens (tertiary/aromatic N) is 4. The highest BCUT2D eigenvalue weighted by atomic mass is 32.2. The maximum atomic E-state index is 13.9. The molecule has 1 aromatic heterocycles. The summed E-state index contributed by atoms with van der Waals surface area (Å²) in [5.74, 6) is -0.843. The summed E-state index contributed by atoms with van der Waals surface area (Å²) in [5.41, 5.74) is 0. The minimum absolute atomic E-state index is 0.306. The number of amides is 1. The summed E-state index contributed by atoms with van der Waals surface area (Å²) < 4.78 is 41.5. The minimum Gasteiger partial charge on any atom is -0.355 e. The zero-order valence-electron chi connectivity index (χ0n) is 18.9. The highest BCUT2D eigenvalue weighted by Crippen LogP contribution is 2.15. The van der Waals surface area contributed by atoms with Gasteiger partial charge in [-0.2, -0.15) is 4.72 Å². The average molecular weight is 479 g/mol. The number of benzene rings is 1. The molecule has 11 heteroatoms. The van der Waals surface area contributed by atoms with Gasteiger partial charge in [-0.1, -0.05) is 26.0 Å². The fourth-order valence-corrected chi connectivity index (χ4v) is 5.06. The Morgan fingerprint density at radius 1 is 1.09 bits per heavy atom. The first-order valence-corrected chi connectivity index (χ1v) is 12.5. The number of carbonyl (C=O) groups is 1. The van der Waals surface area contributed by atoms with Crippen LogP contribution < -0.4 is 14.9 Å². The van der Waals surface area contributed by atoms with Crippen molar-refractivity contribution in [1.29, 1.82) is 0 Å². The van der Waals surface area contributed by atoms with E-state index in [1.807, 2.05) is 0 Å². The Labute approximate surface area is 194 Å². The number of rotatable bonds is 10. The molecule has 1 aliphatic rings. The molecular formula is C22H31FN6O3S. The number of sulfonamides is 1. The number of halogens is 1. The Balaban J connectivity index is 1.44. The van der Waals surface area contributed by atoms with Crippen molar-refractivity contribution in [2.75, 3.05) is 44.2 Å². The molecule has 1 fully saturated rings. The first-order chi connectivity index (χ1) is 15.8. The van der Waals surface area contributed by atoms with Crippen LogP contribution in [0.5, 0.6) is 0 Å². The molecule has 1 amide bonds. The van der Waals surface area contributed by atoms with Crippen molar-refractivity contribution in [3.05, 3.63) is 48.5 Å². The third-order valence-corrected chi connectivity index (χ3v) is 6.99. The molecule has 180 valence electrons. The predicted molar refractivity (Wildman–Crippen MR) is 124 cm³/mol. The molecule has 0 unspecified atom stereocenters. The van der Waals surface area contributed by atoms with Gasteiger partial charge >= 0.3 is 0 Å². The highest BCUT2D eigenvalue weighted by molar-refractivity contribution is 7.89. The van der Waals surface area contributed by atoms with Crippen LogP contribution in [0, 0.1) is 11.7 Å². The van der Waals surface area contributed by atoms with Crippen LogP contribution in [0.2, 0.25) is 0 Å². The second-order valence-corrected chi connectivity index (χ2v) is 9.98. The second kappa shape index (κ2) is 11.5.